The first kappa shape index (κ1) is 37.1. The Kier molecular flexibility index (Phi) is 19.4. The molecule has 1 amide bonds. The second kappa shape index (κ2) is 22.4. The fraction of sp³-hybridized carbons (Fsp3) is 0.629. The molecule has 7 nitrogen and oxygen atoms in total. The van der Waals surface area contributed by atoms with E-state index < -0.39 is 8.32 Å². The second-order valence-electron chi connectivity index (χ2n) is 11.8. The molecule has 8 heteroatoms. The molecule has 2 aromatic rings. The van der Waals surface area contributed by atoms with Gasteiger partial charge in [-0.05, 0) is 21.8 Å². The van der Waals surface area contributed by atoms with Crippen molar-refractivity contribution >= 4 is 24.6 Å². The van der Waals surface area contributed by atoms with Crippen LogP contribution in [0.15, 0.2) is 60.7 Å². The molecule has 2 aromatic carbocycles. The van der Waals surface area contributed by atoms with Crippen molar-refractivity contribution in [2.24, 2.45) is 0 Å². The van der Waals surface area contributed by atoms with Crippen LogP contribution in [0.1, 0.15) is 72.6 Å². The van der Waals surface area contributed by atoms with Gasteiger partial charge in [-0.15, -0.1) is 0 Å². The summed E-state index contributed by atoms with van der Waals surface area (Å²) in [6, 6.07) is 21.3. The van der Waals surface area contributed by atoms with Crippen LogP contribution < -0.4 is 15.7 Å². The van der Waals surface area contributed by atoms with Gasteiger partial charge in [-0.2, -0.15) is 0 Å². The van der Waals surface area contributed by atoms with Gasteiger partial charge in [0, 0.05) is 13.0 Å². The zero-order valence-electron chi connectivity index (χ0n) is 27.2. The minimum atomic E-state index is -2.53. The van der Waals surface area contributed by atoms with Crippen molar-refractivity contribution in [1.82, 2.24) is 5.32 Å². The predicted molar refractivity (Wildman–Crippen MR) is 178 cm³/mol. The van der Waals surface area contributed by atoms with Gasteiger partial charge in [0.1, 0.15) is 0 Å². The van der Waals surface area contributed by atoms with E-state index in [1.165, 1.54) is 42.5 Å². The van der Waals surface area contributed by atoms with Gasteiger partial charge in [0.25, 0.3) is 8.32 Å². The lowest BCUT2D eigenvalue weighted by molar-refractivity contribution is -0.122. The van der Waals surface area contributed by atoms with Crippen LogP contribution in [0.5, 0.6) is 0 Å². The first-order valence-electron chi connectivity index (χ1n) is 16.2. The molecule has 0 radical (unpaired) electrons. The Morgan fingerprint density at radius 3 is 1.56 bits per heavy atom. The maximum atomic E-state index is 11.8. The van der Waals surface area contributed by atoms with Gasteiger partial charge in [-0.25, -0.2) is 0 Å². The number of hydrogen-bond acceptors (Lipinski definition) is 6. The van der Waals surface area contributed by atoms with E-state index in [0.717, 1.165) is 13.0 Å². The highest BCUT2D eigenvalue weighted by Crippen LogP contribution is 2.36. The smallest absolute Gasteiger partial charge is 0.261 e. The molecule has 0 saturated heterocycles. The second-order valence-corrected chi connectivity index (χ2v) is 16.1. The van der Waals surface area contributed by atoms with Crippen molar-refractivity contribution in [3.8, 4) is 0 Å². The Morgan fingerprint density at radius 2 is 1.07 bits per heavy atom. The zero-order valence-corrected chi connectivity index (χ0v) is 28.2. The van der Waals surface area contributed by atoms with Crippen LogP contribution in [0, 0.1) is 0 Å². The summed E-state index contributed by atoms with van der Waals surface area (Å²) in [6.07, 6.45) is 7.74. The van der Waals surface area contributed by atoms with Crippen LogP contribution in [0.2, 0.25) is 5.04 Å². The van der Waals surface area contributed by atoms with Crippen molar-refractivity contribution in [1.29, 1.82) is 0 Å². The predicted octanol–water partition coefficient (Wildman–Crippen LogP) is 5.50. The highest BCUT2D eigenvalue weighted by molar-refractivity contribution is 6.99. The van der Waals surface area contributed by atoms with Gasteiger partial charge < -0.3 is 28.7 Å². The molecular weight excluding hydrogens is 558 g/mol. The number of benzene rings is 2. The van der Waals surface area contributed by atoms with Crippen LogP contribution in [-0.4, -0.2) is 80.2 Å². The molecule has 0 heterocycles. The fourth-order valence-corrected chi connectivity index (χ4v) is 9.71. The van der Waals surface area contributed by atoms with Gasteiger partial charge in [0.15, 0.2) is 0 Å². The SMILES string of the molecule is CCCCCCCCNC(=O)CCOCCOCCOCCOCCO[Si](c1ccccc1)(c1ccccc1)C(C)(C)C. The summed E-state index contributed by atoms with van der Waals surface area (Å²) < 4.78 is 29.4. The van der Waals surface area contributed by atoms with E-state index in [1.54, 1.807) is 0 Å². The Hall–Kier alpha value is -2.07. The van der Waals surface area contributed by atoms with E-state index in [9.17, 15) is 4.79 Å². The highest BCUT2D eigenvalue weighted by Gasteiger charge is 2.49. The van der Waals surface area contributed by atoms with Crippen LogP contribution in [-0.2, 0) is 28.2 Å². The standard InChI is InChI=1S/C35H57NO6Si/c1-5-6-7-8-9-16-22-36-34(37)21-23-38-24-25-39-26-27-40-28-29-41-30-31-42-43(35(2,3)4,32-17-12-10-13-18-32)33-19-14-11-15-20-33/h10-15,17-20H,5-9,16,21-31H2,1-4H3,(H,36,37). The molecule has 0 unspecified atom stereocenters. The molecule has 0 fully saturated rings. The lowest BCUT2D eigenvalue weighted by atomic mass is 10.1. The molecule has 0 saturated carbocycles. The molecule has 43 heavy (non-hydrogen) atoms. The van der Waals surface area contributed by atoms with Crippen molar-refractivity contribution in [3.05, 3.63) is 60.7 Å². The third-order valence-electron chi connectivity index (χ3n) is 7.41. The average Bonchev–Trinajstić information content (AvgIpc) is 3.01. The number of amides is 1. The number of carbonyl (C=O) groups is 1. The highest BCUT2D eigenvalue weighted by atomic mass is 28.4. The quantitative estimate of drug-likeness (QED) is 0.118. The molecule has 0 aliphatic heterocycles. The van der Waals surface area contributed by atoms with Gasteiger partial charge in [0.2, 0.25) is 5.91 Å². The van der Waals surface area contributed by atoms with E-state index in [0.29, 0.717) is 65.9 Å². The molecule has 0 bridgehead atoms. The molecule has 0 aliphatic rings. The topological polar surface area (TPSA) is 75.3 Å². The van der Waals surface area contributed by atoms with Gasteiger partial charge in [-0.3, -0.25) is 4.79 Å². The maximum Gasteiger partial charge on any atom is 0.261 e. The Balaban J connectivity index is 1.50. The number of ether oxygens (including phenoxy) is 4. The first-order chi connectivity index (χ1) is 20.9. The number of hydrogen-bond donors (Lipinski definition) is 1. The number of nitrogens with one attached hydrogen (secondary N) is 1. The molecule has 0 atom stereocenters. The number of rotatable bonds is 25. The van der Waals surface area contributed by atoms with Crippen molar-refractivity contribution in [2.45, 2.75) is 77.7 Å². The largest absolute Gasteiger partial charge is 0.405 e. The minimum Gasteiger partial charge on any atom is -0.405 e. The van der Waals surface area contributed by atoms with Crippen molar-refractivity contribution < 1.29 is 28.2 Å². The van der Waals surface area contributed by atoms with E-state index in [2.05, 4.69) is 93.7 Å². The molecule has 0 aliphatic carbocycles. The molecule has 1 N–H and O–H groups in total. The molecule has 0 spiro atoms. The van der Waals surface area contributed by atoms with Crippen LogP contribution in [0.25, 0.3) is 0 Å². The minimum absolute atomic E-state index is 0.0502. The Labute approximate surface area is 262 Å². The summed E-state index contributed by atoms with van der Waals surface area (Å²) >= 11 is 0. The van der Waals surface area contributed by atoms with E-state index in [1.807, 2.05) is 0 Å². The van der Waals surface area contributed by atoms with E-state index >= 15 is 0 Å². The third kappa shape index (κ3) is 14.5. The average molecular weight is 616 g/mol. The van der Waals surface area contributed by atoms with Crippen LogP contribution in [0.3, 0.4) is 0 Å². The van der Waals surface area contributed by atoms with Crippen LogP contribution in [0.4, 0.5) is 0 Å². The van der Waals surface area contributed by atoms with Crippen molar-refractivity contribution in [3.63, 3.8) is 0 Å². The maximum absolute atomic E-state index is 11.8. The van der Waals surface area contributed by atoms with E-state index in [4.69, 9.17) is 23.4 Å². The number of unbranched alkanes of at least 4 members (excludes halogenated alkanes) is 5. The molecule has 242 valence electrons. The first-order valence-corrected chi connectivity index (χ1v) is 18.2. The van der Waals surface area contributed by atoms with Gasteiger partial charge in [-0.1, -0.05) is 120 Å². The number of carbonyl (C=O) groups excluding carboxylic acids is 1. The monoisotopic (exact) mass is 615 g/mol. The molecule has 2 rings (SSSR count). The summed E-state index contributed by atoms with van der Waals surface area (Å²) in [5, 5.41) is 5.45. The molecular formula is C35H57NO6Si. The Bertz CT molecular complexity index is 914. The summed E-state index contributed by atoms with van der Waals surface area (Å²) in [5.74, 6) is 0.0552. The lowest BCUT2D eigenvalue weighted by Crippen LogP contribution is -2.66. The summed E-state index contributed by atoms with van der Waals surface area (Å²) in [6.45, 7) is 14.2. The summed E-state index contributed by atoms with van der Waals surface area (Å²) in [4.78, 5) is 11.8. The van der Waals surface area contributed by atoms with E-state index in [-0.39, 0.29) is 10.9 Å². The van der Waals surface area contributed by atoms with Gasteiger partial charge in [0.05, 0.1) is 59.5 Å². The summed E-state index contributed by atoms with van der Waals surface area (Å²) in [5.41, 5.74) is 0. The normalized spacial score (nSPS) is 12.0. The van der Waals surface area contributed by atoms with Gasteiger partial charge >= 0.3 is 0 Å². The van der Waals surface area contributed by atoms with Crippen LogP contribution >= 0.6 is 0 Å². The fourth-order valence-electron chi connectivity index (χ4n) is 5.16. The Morgan fingerprint density at radius 1 is 0.628 bits per heavy atom. The summed E-state index contributed by atoms with van der Waals surface area (Å²) in [7, 11) is -2.53. The lowest BCUT2D eigenvalue weighted by Gasteiger charge is -2.43. The third-order valence-corrected chi connectivity index (χ3v) is 12.4. The van der Waals surface area contributed by atoms with Crippen molar-refractivity contribution in [2.75, 3.05) is 66.0 Å². The molecule has 0 aromatic heterocycles. The zero-order chi connectivity index (χ0) is 31.1.